The third kappa shape index (κ3) is 5.93. The zero-order chi connectivity index (χ0) is 12.7. The third-order valence-corrected chi connectivity index (χ3v) is 2.07. The van der Waals surface area contributed by atoms with Crippen molar-refractivity contribution in [1.82, 2.24) is 0 Å². The predicted octanol–water partition coefficient (Wildman–Crippen LogP) is 3.42. The fourth-order valence-corrected chi connectivity index (χ4v) is 1.30. The molecule has 0 radical (unpaired) electrons. The fraction of sp³-hybridized carbons (Fsp3) is 0.417. The molecule has 0 N–H and O–H groups in total. The maximum atomic E-state index is 11.8. The number of alkyl halides is 3. The van der Waals surface area contributed by atoms with E-state index >= 15 is 0 Å². The zero-order valence-corrected chi connectivity index (χ0v) is 9.13. The van der Waals surface area contributed by atoms with E-state index in [4.69, 9.17) is 10.00 Å². The summed E-state index contributed by atoms with van der Waals surface area (Å²) in [7, 11) is 0. The quantitative estimate of drug-likeness (QED) is 0.742. The minimum atomic E-state index is -4.12. The van der Waals surface area contributed by atoms with Gasteiger partial charge in [-0.3, -0.25) is 0 Å². The molecular weight excluding hydrogens is 231 g/mol. The smallest absolute Gasteiger partial charge is 0.377 e. The van der Waals surface area contributed by atoms with Crippen molar-refractivity contribution >= 4 is 0 Å². The Morgan fingerprint density at radius 3 is 2.71 bits per heavy atom. The highest BCUT2D eigenvalue weighted by atomic mass is 19.4. The van der Waals surface area contributed by atoms with Gasteiger partial charge in [-0.05, 0) is 24.1 Å². The Kier molecular flexibility index (Phi) is 4.98. The van der Waals surface area contributed by atoms with E-state index in [0.29, 0.717) is 5.56 Å². The topological polar surface area (TPSA) is 33.0 Å². The Morgan fingerprint density at radius 2 is 2.06 bits per heavy atom. The van der Waals surface area contributed by atoms with Crippen LogP contribution < -0.4 is 0 Å². The number of nitriles is 1. The van der Waals surface area contributed by atoms with E-state index in [-0.39, 0.29) is 19.6 Å². The molecule has 0 heterocycles. The van der Waals surface area contributed by atoms with Crippen LogP contribution in [0.2, 0.25) is 0 Å². The van der Waals surface area contributed by atoms with Crippen molar-refractivity contribution in [1.29, 1.82) is 5.26 Å². The monoisotopic (exact) mass is 243 g/mol. The lowest BCUT2D eigenvalue weighted by Gasteiger charge is -2.07. The van der Waals surface area contributed by atoms with Gasteiger partial charge in [-0.2, -0.15) is 18.4 Å². The highest BCUT2D eigenvalue weighted by Gasteiger charge is 2.25. The van der Waals surface area contributed by atoms with Gasteiger partial charge in [0.2, 0.25) is 0 Å². The molecule has 0 fully saturated rings. The van der Waals surface area contributed by atoms with Crippen molar-refractivity contribution < 1.29 is 17.9 Å². The minimum absolute atomic E-state index is 0.0402. The molecule has 0 amide bonds. The Hall–Kier alpha value is -1.54. The number of hydrogen-bond donors (Lipinski definition) is 0. The Morgan fingerprint density at radius 1 is 1.29 bits per heavy atom. The van der Waals surface area contributed by atoms with Crippen LogP contribution in [0.3, 0.4) is 0 Å². The lowest BCUT2D eigenvalue weighted by molar-refractivity contribution is -0.138. The third-order valence-electron chi connectivity index (χ3n) is 2.07. The van der Waals surface area contributed by atoms with E-state index in [1.54, 1.807) is 24.3 Å². The number of ether oxygens (including phenoxy) is 1. The molecule has 0 saturated heterocycles. The van der Waals surface area contributed by atoms with Gasteiger partial charge >= 0.3 is 6.18 Å². The highest BCUT2D eigenvalue weighted by molar-refractivity contribution is 5.32. The fourth-order valence-electron chi connectivity index (χ4n) is 1.30. The molecule has 5 heteroatoms. The van der Waals surface area contributed by atoms with Crippen molar-refractivity contribution in [3.8, 4) is 6.07 Å². The van der Waals surface area contributed by atoms with Crippen molar-refractivity contribution in [2.75, 3.05) is 6.61 Å². The number of nitrogens with zero attached hydrogens (tertiary/aromatic N) is 1. The SMILES string of the molecule is N#Cc1cccc(COCCCC(F)(F)F)c1. The number of benzene rings is 1. The Bertz CT molecular complexity index is 395. The first-order chi connectivity index (χ1) is 8.01. The van der Waals surface area contributed by atoms with Crippen LogP contribution in [-0.2, 0) is 11.3 Å². The number of halogens is 3. The maximum absolute atomic E-state index is 11.8. The van der Waals surface area contributed by atoms with Crippen molar-refractivity contribution in [2.24, 2.45) is 0 Å². The van der Waals surface area contributed by atoms with Gasteiger partial charge in [-0.25, -0.2) is 0 Å². The molecule has 2 nitrogen and oxygen atoms in total. The summed E-state index contributed by atoms with van der Waals surface area (Å²) in [6, 6.07) is 8.78. The largest absolute Gasteiger partial charge is 0.389 e. The summed E-state index contributed by atoms with van der Waals surface area (Å²) >= 11 is 0. The molecule has 0 aliphatic heterocycles. The molecule has 0 saturated carbocycles. The average Bonchev–Trinajstić information content (AvgIpc) is 2.27. The molecule has 0 bridgehead atoms. The van der Waals surface area contributed by atoms with E-state index in [2.05, 4.69) is 0 Å². The van der Waals surface area contributed by atoms with Gasteiger partial charge in [0.15, 0.2) is 0 Å². The number of rotatable bonds is 5. The first-order valence-electron chi connectivity index (χ1n) is 5.15. The molecule has 1 aromatic carbocycles. The summed E-state index contributed by atoms with van der Waals surface area (Å²) in [5.74, 6) is 0. The summed E-state index contributed by atoms with van der Waals surface area (Å²) in [5, 5.41) is 8.65. The van der Waals surface area contributed by atoms with Crippen LogP contribution in [0.4, 0.5) is 13.2 Å². The molecule has 0 unspecified atom stereocenters. The standard InChI is InChI=1S/C12H12F3NO/c13-12(14,15)5-2-6-17-9-11-4-1-3-10(7-11)8-16/h1,3-4,7H,2,5-6,9H2. The molecule has 0 aliphatic rings. The van der Waals surface area contributed by atoms with Crippen molar-refractivity contribution in [2.45, 2.75) is 25.6 Å². The molecule has 92 valence electrons. The number of hydrogen-bond acceptors (Lipinski definition) is 2. The van der Waals surface area contributed by atoms with Gasteiger partial charge in [0.25, 0.3) is 0 Å². The normalized spacial score (nSPS) is 11.2. The first kappa shape index (κ1) is 13.5. The van der Waals surface area contributed by atoms with E-state index in [9.17, 15) is 13.2 Å². The highest BCUT2D eigenvalue weighted by Crippen LogP contribution is 2.21. The van der Waals surface area contributed by atoms with Gasteiger partial charge in [-0.1, -0.05) is 12.1 Å². The van der Waals surface area contributed by atoms with E-state index < -0.39 is 12.6 Å². The second-order valence-corrected chi connectivity index (χ2v) is 3.58. The zero-order valence-electron chi connectivity index (χ0n) is 9.13. The summed E-state index contributed by atoms with van der Waals surface area (Å²) < 4.78 is 40.5. The van der Waals surface area contributed by atoms with E-state index in [0.717, 1.165) is 5.56 Å². The summed E-state index contributed by atoms with van der Waals surface area (Å²) in [6.45, 7) is 0.295. The van der Waals surface area contributed by atoms with Crippen LogP contribution in [0.5, 0.6) is 0 Å². The van der Waals surface area contributed by atoms with Crippen molar-refractivity contribution in [3.05, 3.63) is 35.4 Å². The van der Waals surface area contributed by atoms with Crippen LogP contribution in [0, 0.1) is 11.3 Å². The first-order valence-corrected chi connectivity index (χ1v) is 5.15. The molecule has 17 heavy (non-hydrogen) atoms. The second kappa shape index (κ2) is 6.26. The van der Waals surface area contributed by atoms with Crippen LogP contribution in [0.1, 0.15) is 24.0 Å². The van der Waals surface area contributed by atoms with Crippen LogP contribution in [0.25, 0.3) is 0 Å². The Balaban J connectivity index is 2.25. The predicted molar refractivity (Wildman–Crippen MR) is 56.1 cm³/mol. The summed E-state index contributed by atoms with van der Waals surface area (Å²) in [5.41, 5.74) is 1.30. The van der Waals surface area contributed by atoms with Crippen LogP contribution in [-0.4, -0.2) is 12.8 Å². The molecule has 0 aromatic heterocycles. The van der Waals surface area contributed by atoms with E-state index in [1.807, 2.05) is 6.07 Å². The van der Waals surface area contributed by atoms with Gasteiger partial charge in [0.1, 0.15) is 0 Å². The molecule has 0 spiro atoms. The molecule has 1 rings (SSSR count). The molecule has 0 atom stereocenters. The summed E-state index contributed by atoms with van der Waals surface area (Å²) in [6.07, 6.45) is -4.99. The second-order valence-electron chi connectivity index (χ2n) is 3.58. The van der Waals surface area contributed by atoms with Crippen LogP contribution >= 0.6 is 0 Å². The van der Waals surface area contributed by atoms with Gasteiger partial charge in [0.05, 0.1) is 18.2 Å². The van der Waals surface area contributed by atoms with Gasteiger partial charge < -0.3 is 4.74 Å². The van der Waals surface area contributed by atoms with Gasteiger partial charge in [0, 0.05) is 13.0 Å². The molecule has 0 aliphatic carbocycles. The van der Waals surface area contributed by atoms with Crippen LogP contribution in [0.15, 0.2) is 24.3 Å². The average molecular weight is 243 g/mol. The van der Waals surface area contributed by atoms with E-state index in [1.165, 1.54) is 0 Å². The molecular formula is C12H12F3NO. The maximum Gasteiger partial charge on any atom is 0.389 e. The molecule has 1 aromatic rings. The van der Waals surface area contributed by atoms with Gasteiger partial charge in [-0.15, -0.1) is 0 Å². The van der Waals surface area contributed by atoms with Crippen molar-refractivity contribution in [3.63, 3.8) is 0 Å². The summed E-state index contributed by atoms with van der Waals surface area (Å²) in [4.78, 5) is 0. The lowest BCUT2D eigenvalue weighted by atomic mass is 10.1. The Labute approximate surface area is 97.6 Å². The lowest BCUT2D eigenvalue weighted by Crippen LogP contribution is -2.08. The minimum Gasteiger partial charge on any atom is -0.377 e.